The molecule has 0 spiro atoms. The molecule has 0 bridgehead atoms. The molecule has 0 aliphatic carbocycles. The summed E-state index contributed by atoms with van der Waals surface area (Å²) >= 11 is 9.09. The number of carbonyl (C=O) groups is 1. The SMILES string of the molecule is COC(=O)C(N)c1ccc(Br)c(Cl)c1. The van der Waals surface area contributed by atoms with Crippen LogP contribution in [0.15, 0.2) is 22.7 Å². The standard InChI is InChI=1S/C9H9BrClNO2/c1-14-9(13)8(12)5-2-3-6(10)7(11)4-5/h2-4,8H,12H2,1H3. The predicted molar refractivity (Wildman–Crippen MR) is 58.1 cm³/mol. The zero-order valence-electron chi connectivity index (χ0n) is 7.46. The Bertz CT molecular complexity index is 357. The van der Waals surface area contributed by atoms with Crippen molar-refractivity contribution in [3.63, 3.8) is 0 Å². The van der Waals surface area contributed by atoms with Crippen molar-refractivity contribution in [1.82, 2.24) is 0 Å². The van der Waals surface area contributed by atoms with Crippen molar-refractivity contribution in [1.29, 1.82) is 0 Å². The number of hydrogen-bond acceptors (Lipinski definition) is 3. The van der Waals surface area contributed by atoms with Gasteiger partial charge in [0.15, 0.2) is 0 Å². The Kier molecular flexibility index (Phi) is 3.92. The van der Waals surface area contributed by atoms with Crippen LogP contribution in [0.25, 0.3) is 0 Å². The average molecular weight is 279 g/mol. The third-order valence-corrected chi connectivity index (χ3v) is 2.99. The van der Waals surface area contributed by atoms with E-state index in [-0.39, 0.29) is 0 Å². The fourth-order valence-electron chi connectivity index (χ4n) is 0.969. The van der Waals surface area contributed by atoms with Crippen molar-refractivity contribution in [3.8, 4) is 0 Å². The van der Waals surface area contributed by atoms with Gasteiger partial charge in [-0.05, 0) is 33.6 Å². The van der Waals surface area contributed by atoms with E-state index in [2.05, 4.69) is 20.7 Å². The Morgan fingerprint density at radius 1 is 1.64 bits per heavy atom. The molecule has 76 valence electrons. The van der Waals surface area contributed by atoms with Crippen molar-refractivity contribution in [2.24, 2.45) is 5.73 Å². The largest absolute Gasteiger partial charge is 0.468 e. The van der Waals surface area contributed by atoms with E-state index in [0.717, 1.165) is 4.47 Å². The van der Waals surface area contributed by atoms with Gasteiger partial charge in [0.05, 0.1) is 12.1 Å². The van der Waals surface area contributed by atoms with Crippen LogP contribution in [0.4, 0.5) is 0 Å². The Balaban J connectivity index is 2.96. The minimum Gasteiger partial charge on any atom is -0.468 e. The first-order valence-electron chi connectivity index (χ1n) is 3.84. The van der Waals surface area contributed by atoms with Gasteiger partial charge in [0.25, 0.3) is 0 Å². The summed E-state index contributed by atoms with van der Waals surface area (Å²) in [5.41, 5.74) is 6.25. The van der Waals surface area contributed by atoms with Crippen LogP contribution >= 0.6 is 27.5 Å². The lowest BCUT2D eigenvalue weighted by Gasteiger charge is -2.09. The maximum absolute atomic E-state index is 11.1. The number of benzene rings is 1. The van der Waals surface area contributed by atoms with Gasteiger partial charge < -0.3 is 10.5 Å². The molecule has 5 heteroatoms. The van der Waals surface area contributed by atoms with E-state index in [1.807, 2.05) is 0 Å². The van der Waals surface area contributed by atoms with Crippen LogP contribution in [-0.2, 0) is 9.53 Å². The Morgan fingerprint density at radius 3 is 2.79 bits per heavy atom. The minimum atomic E-state index is -0.786. The average Bonchev–Trinajstić information content (AvgIpc) is 2.20. The van der Waals surface area contributed by atoms with Crippen LogP contribution in [0.3, 0.4) is 0 Å². The summed E-state index contributed by atoms with van der Waals surface area (Å²) in [6, 6.07) is 4.30. The van der Waals surface area contributed by atoms with E-state index in [9.17, 15) is 4.79 Å². The van der Waals surface area contributed by atoms with Gasteiger partial charge >= 0.3 is 5.97 Å². The van der Waals surface area contributed by atoms with Crippen molar-refractivity contribution in [2.45, 2.75) is 6.04 Å². The van der Waals surface area contributed by atoms with E-state index < -0.39 is 12.0 Å². The summed E-state index contributed by atoms with van der Waals surface area (Å²) in [4.78, 5) is 11.1. The van der Waals surface area contributed by atoms with E-state index in [1.54, 1.807) is 18.2 Å². The Labute approximate surface area is 95.3 Å². The highest BCUT2D eigenvalue weighted by Gasteiger charge is 2.16. The molecule has 1 unspecified atom stereocenters. The fraction of sp³-hybridized carbons (Fsp3) is 0.222. The van der Waals surface area contributed by atoms with Crippen LogP contribution in [0.5, 0.6) is 0 Å². The third kappa shape index (κ3) is 2.47. The zero-order chi connectivity index (χ0) is 10.7. The monoisotopic (exact) mass is 277 g/mol. The van der Waals surface area contributed by atoms with Crippen molar-refractivity contribution in [3.05, 3.63) is 33.3 Å². The summed E-state index contributed by atoms with van der Waals surface area (Å²) < 4.78 is 5.28. The number of hydrogen-bond donors (Lipinski definition) is 1. The molecule has 0 amide bonds. The van der Waals surface area contributed by atoms with E-state index in [4.69, 9.17) is 17.3 Å². The second-order valence-electron chi connectivity index (χ2n) is 2.67. The molecule has 3 nitrogen and oxygen atoms in total. The molecular weight excluding hydrogens is 269 g/mol. The summed E-state index contributed by atoms with van der Waals surface area (Å²) in [6.45, 7) is 0. The summed E-state index contributed by atoms with van der Waals surface area (Å²) in [5.74, 6) is -0.483. The topological polar surface area (TPSA) is 52.3 Å². The summed E-state index contributed by atoms with van der Waals surface area (Å²) in [7, 11) is 1.29. The molecule has 0 fully saturated rings. The fourth-order valence-corrected chi connectivity index (χ4v) is 1.40. The molecule has 0 saturated heterocycles. The van der Waals surface area contributed by atoms with E-state index >= 15 is 0 Å². The van der Waals surface area contributed by atoms with Gasteiger partial charge in [0, 0.05) is 4.47 Å². The number of esters is 1. The molecule has 1 atom stereocenters. The lowest BCUT2D eigenvalue weighted by molar-refractivity contribution is -0.142. The molecule has 0 saturated carbocycles. The number of methoxy groups -OCH3 is 1. The molecule has 0 aliphatic rings. The Morgan fingerprint density at radius 2 is 2.29 bits per heavy atom. The van der Waals surface area contributed by atoms with Crippen LogP contribution in [-0.4, -0.2) is 13.1 Å². The van der Waals surface area contributed by atoms with E-state index in [0.29, 0.717) is 10.6 Å². The highest BCUT2D eigenvalue weighted by Crippen LogP contribution is 2.25. The van der Waals surface area contributed by atoms with Gasteiger partial charge in [-0.2, -0.15) is 0 Å². The second kappa shape index (κ2) is 4.77. The normalized spacial score (nSPS) is 12.3. The van der Waals surface area contributed by atoms with Crippen LogP contribution in [0.1, 0.15) is 11.6 Å². The molecule has 0 radical (unpaired) electrons. The number of ether oxygens (including phenoxy) is 1. The minimum absolute atomic E-state index is 0.483. The molecule has 1 aromatic rings. The highest BCUT2D eigenvalue weighted by molar-refractivity contribution is 9.10. The number of carbonyl (C=O) groups excluding carboxylic acids is 1. The second-order valence-corrected chi connectivity index (χ2v) is 3.94. The summed E-state index contributed by atoms with van der Waals surface area (Å²) in [5, 5.41) is 0.516. The maximum Gasteiger partial charge on any atom is 0.327 e. The number of nitrogens with two attached hydrogens (primary N) is 1. The lowest BCUT2D eigenvalue weighted by atomic mass is 10.1. The van der Waals surface area contributed by atoms with Crippen LogP contribution in [0, 0.1) is 0 Å². The number of rotatable bonds is 2. The first-order valence-corrected chi connectivity index (χ1v) is 5.01. The molecule has 0 aliphatic heterocycles. The predicted octanol–water partition coefficient (Wildman–Crippen LogP) is 2.28. The third-order valence-electron chi connectivity index (χ3n) is 1.76. The first-order chi connectivity index (χ1) is 6.56. The quantitative estimate of drug-likeness (QED) is 0.844. The van der Waals surface area contributed by atoms with Crippen molar-refractivity contribution in [2.75, 3.05) is 7.11 Å². The summed E-state index contributed by atoms with van der Waals surface area (Å²) in [6.07, 6.45) is 0. The molecule has 1 aromatic carbocycles. The molecule has 0 heterocycles. The number of halogens is 2. The van der Waals surface area contributed by atoms with Crippen LogP contribution < -0.4 is 5.73 Å². The maximum atomic E-state index is 11.1. The van der Waals surface area contributed by atoms with Gasteiger partial charge in [0.2, 0.25) is 0 Å². The Hall–Kier alpha value is -0.580. The molecule has 2 N–H and O–H groups in total. The molecule has 1 rings (SSSR count). The van der Waals surface area contributed by atoms with Crippen molar-refractivity contribution >= 4 is 33.5 Å². The lowest BCUT2D eigenvalue weighted by Crippen LogP contribution is -2.22. The van der Waals surface area contributed by atoms with Gasteiger partial charge in [-0.15, -0.1) is 0 Å². The van der Waals surface area contributed by atoms with E-state index in [1.165, 1.54) is 7.11 Å². The van der Waals surface area contributed by atoms with Crippen LogP contribution in [0.2, 0.25) is 5.02 Å². The van der Waals surface area contributed by atoms with Gasteiger partial charge in [-0.25, -0.2) is 0 Å². The van der Waals surface area contributed by atoms with Crippen molar-refractivity contribution < 1.29 is 9.53 Å². The molecule has 0 aromatic heterocycles. The zero-order valence-corrected chi connectivity index (χ0v) is 9.80. The molecular formula is C9H9BrClNO2. The van der Waals surface area contributed by atoms with Gasteiger partial charge in [-0.3, -0.25) is 4.79 Å². The van der Waals surface area contributed by atoms with Gasteiger partial charge in [-0.1, -0.05) is 17.7 Å². The first kappa shape index (κ1) is 11.5. The smallest absolute Gasteiger partial charge is 0.327 e. The molecule has 14 heavy (non-hydrogen) atoms. The van der Waals surface area contributed by atoms with Gasteiger partial charge in [0.1, 0.15) is 6.04 Å². The highest BCUT2D eigenvalue weighted by atomic mass is 79.9.